The third-order valence-electron chi connectivity index (χ3n) is 10.0. The molecule has 0 amide bonds. The van der Waals surface area contributed by atoms with Crippen molar-refractivity contribution in [3.8, 4) is 0 Å². The Balaban J connectivity index is 1.36. The van der Waals surface area contributed by atoms with E-state index in [1.807, 2.05) is 121 Å². The fourth-order valence-corrected chi connectivity index (χ4v) is 7.32. The van der Waals surface area contributed by atoms with Gasteiger partial charge < -0.3 is 52.1 Å². The molecule has 2 aliphatic heterocycles. The van der Waals surface area contributed by atoms with Gasteiger partial charge in [0.05, 0.1) is 39.6 Å². The van der Waals surface area contributed by atoms with Crippen LogP contribution in [0.4, 0.5) is 0 Å². The van der Waals surface area contributed by atoms with Crippen molar-refractivity contribution in [2.24, 2.45) is 0 Å². The monoisotopic (exact) mass is 870 g/mol. The predicted octanol–water partition coefficient (Wildman–Crippen LogP) is 5.78. The first-order chi connectivity index (χ1) is 30.5. The molecule has 2 aliphatic rings. The van der Waals surface area contributed by atoms with Crippen LogP contribution >= 0.6 is 0 Å². The Hall–Kier alpha value is -5.52. The molecule has 15 heteroatoms. The summed E-state index contributed by atoms with van der Waals surface area (Å²) >= 11 is 0. The second kappa shape index (κ2) is 23.8. The minimum atomic E-state index is -1.59. The Bertz CT molecular complexity index is 2020. The first-order valence-electron chi connectivity index (χ1n) is 20.7. The fourth-order valence-electron chi connectivity index (χ4n) is 7.32. The Kier molecular flexibility index (Phi) is 17.7. The quantitative estimate of drug-likeness (QED) is 0.0773. The van der Waals surface area contributed by atoms with Gasteiger partial charge in [0.25, 0.3) is 0 Å². The third kappa shape index (κ3) is 14.2. The van der Waals surface area contributed by atoms with Crippen LogP contribution in [-0.4, -0.2) is 98.5 Å². The standard InChI is InChI=1S/C48H54O15/c1-31(49)58-42-40(63-48(61-34(4)52)46(60-33(3)51)44(42)59-32(2)50)30-57-47-45(56-28-38-23-15-8-16-24-38)43(55-27-37-21-13-7-14-22-37)41(54-26-36-19-11-6-12-20-36)39(62-47)29-53-25-35-17-9-5-10-18-35/h5-24,39-48H,25-30H2,1-4H3/t39-,40-,41-,42-,43+,44+,45-,46-,47?,48-/m1/s1. The molecule has 0 spiro atoms. The molecule has 10 atom stereocenters. The second-order valence-electron chi connectivity index (χ2n) is 15.0. The summed E-state index contributed by atoms with van der Waals surface area (Å²) < 4.78 is 68.3. The molecule has 15 nitrogen and oxygen atoms in total. The molecule has 6 rings (SSSR count). The van der Waals surface area contributed by atoms with Crippen molar-refractivity contribution in [1.82, 2.24) is 0 Å². The zero-order chi connectivity index (χ0) is 44.6. The van der Waals surface area contributed by atoms with Gasteiger partial charge in [-0.15, -0.1) is 0 Å². The molecule has 0 bridgehead atoms. The normalized spacial score (nSPS) is 25.7. The molecule has 0 aromatic heterocycles. The van der Waals surface area contributed by atoms with E-state index in [0.717, 1.165) is 49.9 Å². The van der Waals surface area contributed by atoms with E-state index in [4.69, 9.17) is 52.1 Å². The highest BCUT2D eigenvalue weighted by Gasteiger charge is 2.55. The second-order valence-corrected chi connectivity index (χ2v) is 15.0. The van der Waals surface area contributed by atoms with Crippen LogP contribution in [0.1, 0.15) is 49.9 Å². The lowest BCUT2D eigenvalue weighted by Crippen LogP contribution is -2.64. The van der Waals surface area contributed by atoms with Gasteiger partial charge in [-0.3, -0.25) is 19.2 Å². The highest BCUT2D eigenvalue weighted by molar-refractivity contribution is 5.69. The predicted molar refractivity (Wildman–Crippen MR) is 223 cm³/mol. The maximum atomic E-state index is 12.6. The molecule has 0 saturated carbocycles. The van der Waals surface area contributed by atoms with Crippen molar-refractivity contribution in [2.75, 3.05) is 13.2 Å². The third-order valence-corrected chi connectivity index (χ3v) is 10.0. The summed E-state index contributed by atoms with van der Waals surface area (Å²) in [5, 5.41) is 0. The van der Waals surface area contributed by atoms with Gasteiger partial charge in [0.15, 0.2) is 18.5 Å². The maximum Gasteiger partial charge on any atom is 0.305 e. The van der Waals surface area contributed by atoms with Gasteiger partial charge >= 0.3 is 23.9 Å². The molecule has 0 radical (unpaired) electrons. The number of hydrogen-bond donors (Lipinski definition) is 0. The highest BCUT2D eigenvalue weighted by atomic mass is 16.8. The SMILES string of the molecule is CC(=O)O[C@@H]1O[C@H](COC2O[C@H](COCc3ccccc3)[C@@H](OCc3ccccc3)[C@H](OCc3ccccc3)[C@H]2OCc2ccccc2)[C@@H](OC(C)=O)[C@H](OC(C)=O)[C@H]1OC(C)=O. The largest absolute Gasteiger partial charge is 0.456 e. The minimum absolute atomic E-state index is 0.0495. The van der Waals surface area contributed by atoms with E-state index in [1.54, 1.807) is 0 Å². The molecular weight excluding hydrogens is 817 g/mol. The van der Waals surface area contributed by atoms with Crippen LogP contribution in [0.2, 0.25) is 0 Å². The lowest BCUT2D eigenvalue weighted by Gasteiger charge is -2.47. The van der Waals surface area contributed by atoms with Crippen molar-refractivity contribution in [2.45, 2.75) is 116 Å². The molecule has 0 aliphatic carbocycles. The van der Waals surface area contributed by atoms with Gasteiger partial charge in [-0.1, -0.05) is 121 Å². The van der Waals surface area contributed by atoms with Crippen LogP contribution < -0.4 is 0 Å². The van der Waals surface area contributed by atoms with Crippen LogP contribution in [0, 0.1) is 0 Å². The summed E-state index contributed by atoms with van der Waals surface area (Å²) in [6, 6.07) is 38.6. The van der Waals surface area contributed by atoms with Gasteiger partial charge in [0.1, 0.15) is 30.5 Å². The van der Waals surface area contributed by atoms with Crippen LogP contribution in [0.15, 0.2) is 121 Å². The molecule has 4 aromatic carbocycles. The van der Waals surface area contributed by atoms with Crippen molar-refractivity contribution in [3.63, 3.8) is 0 Å². The van der Waals surface area contributed by atoms with Gasteiger partial charge in [0, 0.05) is 27.7 Å². The summed E-state index contributed by atoms with van der Waals surface area (Å²) in [4.78, 5) is 49.7. The number of rotatable bonds is 20. The van der Waals surface area contributed by atoms with E-state index in [-0.39, 0.29) is 33.0 Å². The fraction of sp³-hybridized carbons (Fsp3) is 0.417. The number of carbonyl (C=O) groups is 4. The smallest absolute Gasteiger partial charge is 0.305 e. The number of esters is 4. The van der Waals surface area contributed by atoms with E-state index >= 15 is 0 Å². The zero-order valence-corrected chi connectivity index (χ0v) is 35.7. The van der Waals surface area contributed by atoms with E-state index in [1.165, 1.54) is 0 Å². The molecule has 2 heterocycles. The Morgan fingerprint density at radius 3 is 1.24 bits per heavy atom. The van der Waals surface area contributed by atoms with Crippen molar-refractivity contribution in [3.05, 3.63) is 144 Å². The maximum absolute atomic E-state index is 12.6. The topological polar surface area (TPSA) is 170 Å². The average Bonchev–Trinajstić information content (AvgIpc) is 3.27. The summed E-state index contributed by atoms with van der Waals surface area (Å²) in [7, 11) is 0. The Morgan fingerprint density at radius 2 is 0.762 bits per heavy atom. The summed E-state index contributed by atoms with van der Waals surface area (Å²) in [6.07, 6.45) is -11.9. The number of benzene rings is 4. The van der Waals surface area contributed by atoms with E-state index in [0.29, 0.717) is 0 Å². The molecule has 2 saturated heterocycles. The molecule has 63 heavy (non-hydrogen) atoms. The zero-order valence-electron chi connectivity index (χ0n) is 35.7. The molecule has 4 aromatic rings. The van der Waals surface area contributed by atoms with Gasteiger partial charge in [0.2, 0.25) is 12.4 Å². The van der Waals surface area contributed by atoms with Crippen molar-refractivity contribution >= 4 is 23.9 Å². The van der Waals surface area contributed by atoms with Crippen LogP contribution in [0.5, 0.6) is 0 Å². The molecular formula is C48H54O15. The Labute approximate surface area is 366 Å². The lowest BCUT2D eigenvalue weighted by atomic mass is 9.97. The highest BCUT2D eigenvalue weighted by Crippen LogP contribution is 2.34. The van der Waals surface area contributed by atoms with E-state index in [2.05, 4.69) is 0 Å². The van der Waals surface area contributed by atoms with E-state index in [9.17, 15) is 19.2 Å². The van der Waals surface area contributed by atoms with Crippen LogP contribution in [0.25, 0.3) is 0 Å². The lowest BCUT2D eigenvalue weighted by molar-refractivity contribution is -0.343. The Morgan fingerprint density at radius 1 is 0.381 bits per heavy atom. The summed E-state index contributed by atoms with van der Waals surface area (Å²) in [5.74, 6) is -3.14. The van der Waals surface area contributed by atoms with E-state index < -0.39 is 91.9 Å². The van der Waals surface area contributed by atoms with Gasteiger partial charge in [-0.05, 0) is 22.3 Å². The molecule has 0 N–H and O–H groups in total. The summed E-state index contributed by atoms with van der Waals surface area (Å²) in [5.41, 5.74) is 3.64. The van der Waals surface area contributed by atoms with Gasteiger partial charge in [-0.2, -0.15) is 0 Å². The van der Waals surface area contributed by atoms with Crippen molar-refractivity contribution < 1.29 is 71.3 Å². The number of carbonyl (C=O) groups excluding carboxylic acids is 4. The molecule has 2 fully saturated rings. The number of hydrogen-bond acceptors (Lipinski definition) is 15. The average molecular weight is 871 g/mol. The first-order valence-corrected chi connectivity index (χ1v) is 20.7. The van der Waals surface area contributed by atoms with Crippen LogP contribution in [0.3, 0.4) is 0 Å². The molecule has 336 valence electrons. The number of ether oxygens (including phenoxy) is 11. The summed E-state index contributed by atoms with van der Waals surface area (Å²) in [6.45, 7) is 4.98. The van der Waals surface area contributed by atoms with Crippen molar-refractivity contribution in [1.29, 1.82) is 0 Å². The molecule has 1 unspecified atom stereocenters. The minimum Gasteiger partial charge on any atom is -0.456 e. The van der Waals surface area contributed by atoms with Crippen LogP contribution in [-0.2, 0) is 97.7 Å². The van der Waals surface area contributed by atoms with Gasteiger partial charge in [-0.25, -0.2) is 0 Å². The first kappa shape index (κ1) is 47.0.